The van der Waals surface area contributed by atoms with Gasteiger partial charge in [0, 0.05) is 19.1 Å². The lowest BCUT2D eigenvalue weighted by Gasteiger charge is -2.25. The van der Waals surface area contributed by atoms with E-state index in [9.17, 15) is 0 Å². The van der Waals surface area contributed by atoms with Crippen molar-refractivity contribution in [3.8, 4) is 6.07 Å². The quantitative estimate of drug-likeness (QED) is 0.851. The number of piperidine rings is 1. The van der Waals surface area contributed by atoms with Crippen LogP contribution < -0.4 is 10.6 Å². The van der Waals surface area contributed by atoms with Crippen LogP contribution in [0.3, 0.4) is 0 Å². The van der Waals surface area contributed by atoms with Crippen molar-refractivity contribution in [3.05, 3.63) is 18.0 Å². The summed E-state index contributed by atoms with van der Waals surface area (Å²) >= 11 is 0. The molecule has 2 fully saturated rings. The zero-order chi connectivity index (χ0) is 15.2. The van der Waals surface area contributed by atoms with Crippen molar-refractivity contribution in [1.82, 2.24) is 20.2 Å². The lowest BCUT2D eigenvalue weighted by molar-refractivity contribution is 0.271. The Bertz CT molecular complexity index is 502. The number of nitrogens with one attached hydrogen (secondary N) is 2. The Morgan fingerprint density at radius 1 is 1.27 bits per heavy atom. The summed E-state index contributed by atoms with van der Waals surface area (Å²) in [5, 5.41) is 15.6. The van der Waals surface area contributed by atoms with Gasteiger partial charge in [0.2, 0.25) is 5.95 Å². The Labute approximate surface area is 131 Å². The van der Waals surface area contributed by atoms with E-state index < -0.39 is 0 Å². The molecule has 0 aromatic carbocycles. The molecule has 2 saturated heterocycles. The molecule has 0 unspecified atom stereocenters. The number of nitrogens with zero attached hydrogens (tertiary/aromatic N) is 4. The predicted octanol–water partition coefficient (Wildman–Crippen LogP) is 1.22. The number of likely N-dealkylation sites (tertiary alicyclic amines) is 1. The fourth-order valence-corrected chi connectivity index (χ4v) is 3.33. The van der Waals surface area contributed by atoms with E-state index >= 15 is 0 Å². The van der Waals surface area contributed by atoms with E-state index in [0.29, 0.717) is 17.6 Å². The van der Waals surface area contributed by atoms with Gasteiger partial charge in [-0.3, -0.25) is 0 Å². The van der Waals surface area contributed by atoms with Crippen LogP contribution in [0.5, 0.6) is 0 Å². The fraction of sp³-hybridized carbons (Fsp3) is 0.688. The second-order valence-corrected chi connectivity index (χ2v) is 6.32. The second-order valence-electron chi connectivity index (χ2n) is 6.32. The third-order valence-electron chi connectivity index (χ3n) is 4.70. The molecule has 1 aromatic heterocycles. The molecule has 2 N–H and O–H groups in total. The van der Waals surface area contributed by atoms with Gasteiger partial charge >= 0.3 is 0 Å². The van der Waals surface area contributed by atoms with Gasteiger partial charge in [-0.2, -0.15) is 5.26 Å². The molecule has 0 bridgehead atoms. The first-order valence-electron chi connectivity index (χ1n) is 8.25. The molecule has 2 aliphatic heterocycles. The van der Waals surface area contributed by atoms with Gasteiger partial charge in [0.25, 0.3) is 0 Å². The van der Waals surface area contributed by atoms with Crippen LogP contribution in [0.2, 0.25) is 0 Å². The van der Waals surface area contributed by atoms with Crippen LogP contribution in [0.1, 0.15) is 31.2 Å². The first kappa shape index (κ1) is 15.2. The van der Waals surface area contributed by atoms with E-state index in [1.165, 1.54) is 38.9 Å². The van der Waals surface area contributed by atoms with Crippen molar-refractivity contribution in [2.75, 3.05) is 38.0 Å². The molecule has 0 saturated carbocycles. The number of hydrogen-bond donors (Lipinski definition) is 2. The zero-order valence-corrected chi connectivity index (χ0v) is 13.0. The maximum absolute atomic E-state index is 8.75. The van der Waals surface area contributed by atoms with Crippen LogP contribution in [0.25, 0.3) is 0 Å². The molecule has 1 atom stereocenters. The van der Waals surface area contributed by atoms with Crippen molar-refractivity contribution in [2.45, 2.75) is 31.7 Å². The first-order chi connectivity index (χ1) is 10.8. The van der Waals surface area contributed by atoms with Gasteiger partial charge in [-0.15, -0.1) is 0 Å². The SMILES string of the molecule is N#Cc1cnc(N[C@@H]2CCN(CCC3CCNCC3)C2)nc1. The minimum atomic E-state index is 0.418. The lowest BCUT2D eigenvalue weighted by Crippen LogP contribution is -2.32. The highest BCUT2D eigenvalue weighted by Gasteiger charge is 2.23. The van der Waals surface area contributed by atoms with Gasteiger partial charge in [0.15, 0.2) is 0 Å². The molecule has 3 rings (SSSR count). The third-order valence-corrected chi connectivity index (χ3v) is 4.70. The van der Waals surface area contributed by atoms with Crippen molar-refractivity contribution in [2.24, 2.45) is 5.92 Å². The van der Waals surface area contributed by atoms with Gasteiger partial charge < -0.3 is 15.5 Å². The van der Waals surface area contributed by atoms with E-state index in [1.54, 1.807) is 12.4 Å². The summed E-state index contributed by atoms with van der Waals surface area (Å²) < 4.78 is 0. The van der Waals surface area contributed by atoms with Gasteiger partial charge in [-0.1, -0.05) is 0 Å². The minimum absolute atomic E-state index is 0.418. The summed E-state index contributed by atoms with van der Waals surface area (Å²) in [4.78, 5) is 10.9. The predicted molar refractivity (Wildman–Crippen MR) is 85.4 cm³/mol. The minimum Gasteiger partial charge on any atom is -0.350 e. The van der Waals surface area contributed by atoms with Crippen molar-refractivity contribution >= 4 is 5.95 Å². The van der Waals surface area contributed by atoms with E-state index in [-0.39, 0.29) is 0 Å². The number of rotatable bonds is 5. The van der Waals surface area contributed by atoms with Crippen molar-refractivity contribution in [3.63, 3.8) is 0 Å². The Hall–Kier alpha value is -1.71. The second kappa shape index (κ2) is 7.52. The van der Waals surface area contributed by atoms with Crippen molar-refractivity contribution in [1.29, 1.82) is 5.26 Å². The average molecular weight is 300 g/mol. The lowest BCUT2D eigenvalue weighted by atomic mass is 9.94. The molecule has 6 nitrogen and oxygen atoms in total. The molecule has 3 heterocycles. The number of hydrogen-bond acceptors (Lipinski definition) is 6. The molecule has 118 valence electrons. The van der Waals surface area contributed by atoms with Crippen LogP contribution in [-0.2, 0) is 0 Å². The van der Waals surface area contributed by atoms with E-state index in [0.717, 1.165) is 25.4 Å². The molecular weight excluding hydrogens is 276 g/mol. The van der Waals surface area contributed by atoms with Crippen LogP contribution in [0.4, 0.5) is 5.95 Å². The molecule has 0 radical (unpaired) electrons. The van der Waals surface area contributed by atoms with Gasteiger partial charge in [-0.05, 0) is 51.2 Å². The topological polar surface area (TPSA) is 76.9 Å². The summed E-state index contributed by atoms with van der Waals surface area (Å²) in [6.07, 6.45) is 8.25. The Balaban J connectivity index is 1.40. The van der Waals surface area contributed by atoms with E-state index in [4.69, 9.17) is 5.26 Å². The molecule has 22 heavy (non-hydrogen) atoms. The van der Waals surface area contributed by atoms with Crippen molar-refractivity contribution < 1.29 is 0 Å². The monoisotopic (exact) mass is 300 g/mol. The number of nitriles is 1. The van der Waals surface area contributed by atoms with Gasteiger partial charge in [-0.25, -0.2) is 9.97 Å². The summed E-state index contributed by atoms with van der Waals surface area (Å²) in [6, 6.07) is 2.45. The highest BCUT2D eigenvalue weighted by Crippen LogP contribution is 2.19. The smallest absolute Gasteiger partial charge is 0.222 e. The Kier molecular flexibility index (Phi) is 5.20. The van der Waals surface area contributed by atoms with Crippen LogP contribution in [-0.4, -0.2) is 53.6 Å². The Morgan fingerprint density at radius 2 is 2.05 bits per heavy atom. The highest BCUT2D eigenvalue weighted by molar-refractivity contribution is 5.31. The zero-order valence-electron chi connectivity index (χ0n) is 13.0. The number of aromatic nitrogens is 2. The first-order valence-corrected chi connectivity index (χ1v) is 8.25. The normalized spacial score (nSPS) is 23.3. The van der Waals surface area contributed by atoms with E-state index in [2.05, 4.69) is 25.5 Å². The van der Waals surface area contributed by atoms with Crippen LogP contribution >= 0.6 is 0 Å². The molecule has 2 aliphatic rings. The van der Waals surface area contributed by atoms with E-state index in [1.807, 2.05) is 6.07 Å². The highest BCUT2D eigenvalue weighted by atomic mass is 15.2. The summed E-state index contributed by atoms with van der Waals surface area (Å²) in [5.41, 5.74) is 0.501. The summed E-state index contributed by atoms with van der Waals surface area (Å²) in [6.45, 7) is 5.79. The average Bonchev–Trinajstić information content (AvgIpc) is 3.02. The Morgan fingerprint density at radius 3 is 2.77 bits per heavy atom. The largest absolute Gasteiger partial charge is 0.350 e. The van der Waals surface area contributed by atoms with Gasteiger partial charge in [0.1, 0.15) is 6.07 Å². The summed E-state index contributed by atoms with van der Waals surface area (Å²) in [5.74, 6) is 1.53. The molecule has 0 aliphatic carbocycles. The maximum Gasteiger partial charge on any atom is 0.222 e. The number of anilines is 1. The van der Waals surface area contributed by atoms with Crippen LogP contribution in [0, 0.1) is 17.2 Å². The molecule has 1 aromatic rings. The summed E-state index contributed by atoms with van der Waals surface area (Å²) in [7, 11) is 0. The maximum atomic E-state index is 8.75. The molecular formula is C16H24N6. The molecule has 0 spiro atoms. The molecule has 6 heteroatoms. The van der Waals surface area contributed by atoms with Crippen LogP contribution in [0.15, 0.2) is 12.4 Å². The fourth-order valence-electron chi connectivity index (χ4n) is 3.33. The standard InChI is InChI=1S/C16H24N6/c17-9-14-10-19-16(20-11-14)21-15-4-8-22(12-15)7-3-13-1-5-18-6-2-13/h10-11,13,15,18H,1-8,12H2,(H,19,20,21)/t15-/m1/s1. The van der Waals surface area contributed by atoms with Gasteiger partial charge in [0.05, 0.1) is 18.0 Å². The third kappa shape index (κ3) is 4.15. The molecule has 0 amide bonds.